The van der Waals surface area contributed by atoms with E-state index in [1.807, 2.05) is 0 Å². The highest BCUT2D eigenvalue weighted by Gasteiger charge is 2.20. The first-order valence-corrected chi connectivity index (χ1v) is 5.81. The van der Waals surface area contributed by atoms with E-state index in [0.717, 1.165) is 11.8 Å². The van der Waals surface area contributed by atoms with Crippen LogP contribution in [0.2, 0.25) is 0 Å². The van der Waals surface area contributed by atoms with Gasteiger partial charge >= 0.3 is 0 Å². The Hall–Kier alpha value is 0.290. The average molecular weight is 189 g/mol. The van der Waals surface area contributed by atoms with Gasteiger partial charge in [-0.2, -0.15) is 0 Å². The summed E-state index contributed by atoms with van der Waals surface area (Å²) in [6.07, 6.45) is 8.35. The summed E-state index contributed by atoms with van der Waals surface area (Å²) in [5.74, 6) is 1.79. The van der Waals surface area contributed by atoms with Crippen LogP contribution in [-0.4, -0.2) is 5.38 Å². The van der Waals surface area contributed by atoms with Crippen LogP contribution < -0.4 is 0 Å². The van der Waals surface area contributed by atoms with Crippen LogP contribution in [0.5, 0.6) is 0 Å². The Bertz CT molecular complexity index is 120. The molecule has 3 atom stereocenters. The zero-order valence-corrected chi connectivity index (χ0v) is 9.11. The van der Waals surface area contributed by atoms with Crippen molar-refractivity contribution in [2.75, 3.05) is 0 Å². The number of hydrogen-bond donors (Lipinski definition) is 0. The molecule has 0 aromatic rings. The summed E-state index contributed by atoms with van der Waals surface area (Å²) in [6, 6.07) is 0. The molecule has 0 nitrogen and oxygen atoms in total. The third-order valence-corrected chi connectivity index (χ3v) is 3.72. The van der Waals surface area contributed by atoms with E-state index in [-0.39, 0.29) is 0 Å². The second kappa shape index (κ2) is 5.11. The summed E-state index contributed by atoms with van der Waals surface area (Å²) in [4.78, 5) is 0. The van der Waals surface area contributed by atoms with E-state index in [9.17, 15) is 0 Å². The first kappa shape index (κ1) is 10.4. The van der Waals surface area contributed by atoms with Gasteiger partial charge in [0.1, 0.15) is 0 Å². The minimum Gasteiger partial charge on any atom is -0.123 e. The summed E-state index contributed by atoms with van der Waals surface area (Å²) >= 11 is 6.12. The van der Waals surface area contributed by atoms with Crippen LogP contribution in [0.1, 0.15) is 52.4 Å². The van der Waals surface area contributed by atoms with Gasteiger partial charge in [-0.1, -0.05) is 32.6 Å². The summed E-state index contributed by atoms with van der Waals surface area (Å²) in [6.45, 7) is 4.47. The third kappa shape index (κ3) is 2.97. The number of alkyl halides is 1. The predicted octanol–water partition coefficient (Wildman–Crippen LogP) is 4.22. The van der Waals surface area contributed by atoms with Gasteiger partial charge in [-0.3, -0.25) is 0 Å². The van der Waals surface area contributed by atoms with E-state index in [1.54, 1.807) is 0 Å². The van der Waals surface area contributed by atoms with E-state index < -0.39 is 0 Å². The van der Waals surface area contributed by atoms with E-state index in [1.165, 1.54) is 38.5 Å². The van der Waals surface area contributed by atoms with Crippen LogP contribution >= 0.6 is 11.6 Å². The van der Waals surface area contributed by atoms with E-state index in [2.05, 4.69) is 13.8 Å². The Labute approximate surface area is 81.7 Å². The second-order valence-electron chi connectivity index (χ2n) is 4.22. The van der Waals surface area contributed by atoms with Crippen LogP contribution in [-0.2, 0) is 0 Å². The zero-order valence-electron chi connectivity index (χ0n) is 8.35. The first-order valence-electron chi connectivity index (χ1n) is 5.38. The third-order valence-electron chi connectivity index (χ3n) is 3.36. The molecule has 1 fully saturated rings. The van der Waals surface area contributed by atoms with Crippen LogP contribution in [0.15, 0.2) is 0 Å². The van der Waals surface area contributed by atoms with Crippen molar-refractivity contribution in [1.82, 2.24) is 0 Å². The fraction of sp³-hybridized carbons (Fsp3) is 1.00. The lowest BCUT2D eigenvalue weighted by atomic mass is 9.95. The SMILES string of the molecule is CCC1CCCC(C(C)Cl)CC1. The Morgan fingerprint density at radius 3 is 2.58 bits per heavy atom. The van der Waals surface area contributed by atoms with Gasteiger partial charge < -0.3 is 0 Å². The van der Waals surface area contributed by atoms with Crippen LogP contribution in [0.3, 0.4) is 0 Å². The smallest absolute Gasteiger partial charge is 0.0336 e. The summed E-state index contributed by atoms with van der Waals surface area (Å²) < 4.78 is 0. The molecule has 0 N–H and O–H groups in total. The van der Waals surface area contributed by atoms with Crippen molar-refractivity contribution in [3.05, 3.63) is 0 Å². The second-order valence-corrected chi connectivity index (χ2v) is 4.91. The van der Waals surface area contributed by atoms with Gasteiger partial charge in [0, 0.05) is 5.38 Å². The van der Waals surface area contributed by atoms with Gasteiger partial charge in [-0.05, 0) is 31.6 Å². The van der Waals surface area contributed by atoms with Crippen molar-refractivity contribution < 1.29 is 0 Å². The quantitative estimate of drug-likeness (QED) is 0.450. The Kier molecular flexibility index (Phi) is 4.42. The van der Waals surface area contributed by atoms with Crippen molar-refractivity contribution in [1.29, 1.82) is 0 Å². The molecule has 1 rings (SSSR count). The fourth-order valence-corrected chi connectivity index (χ4v) is 2.53. The molecule has 0 heterocycles. The maximum Gasteiger partial charge on any atom is 0.0336 e. The molecular formula is C11H21Cl. The molecule has 0 saturated heterocycles. The van der Waals surface area contributed by atoms with E-state index in [0.29, 0.717) is 5.38 Å². The van der Waals surface area contributed by atoms with Crippen molar-refractivity contribution >= 4 is 11.6 Å². The fourth-order valence-electron chi connectivity index (χ4n) is 2.27. The topological polar surface area (TPSA) is 0 Å². The van der Waals surface area contributed by atoms with Gasteiger partial charge in [-0.25, -0.2) is 0 Å². The summed E-state index contributed by atoms with van der Waals surface area (Å²) in [7, 11) is 0. The Balaban J connectivity index is 2.34. The molecule has 0 aromatic carbocycles. The lowest BCUT2D eigenvalue weighted by Gasteiger charge is -2.16. The molecule has 0 aromatic heterocycles. The minimum absolute atomic E-state index is 0.389. The van der Waals surface area contributed by atoms with Crippen molar-refractivity contribution in [2.45, 2.75) is 57.7 Å². The molecular weight excluding hydrogens is 168 g/mol. The maximum atomic E-state index is 6.12. The van der Waals surface area contributed by atoms with Crippen LogP contribution in [0.4, 0.5) is 0 Å². The molecule has 0 amide bonds. The van der Waals surface area contributed by atoms with Crippen LogP contribution in [0, 0.1) is 11.8 Å². The van der Waals surface area contributed by atoms with E-state index >= 15 is 0 Å². The molecule has 0 spiro atoms. The standard InChI is InChI=1S/C11H21Cl/c1-3-10-5-4-6-11(8-7-10)9(2)12/h9-11H,3-8H2,1-2H3. The zero-order chi connectivity index (χ0) is 8.97. The van der Waals surface area contributed by atoms with Gasteiger partial charge in [0.25, 0.3) is 0 Å². The van der Waals surface area contributed by atoms with Crippen molar-refractivity contribution in [2.24, 2.45) is 11.8 Å². The number of rotatable bonds is 2. The molecule has 1 aliphatic rings. The number of hydrogen-bond acceptors (Lipinski definition) is 0. The highest BCUT2D eigenvalue weighted by molar-refractivity contribution is 6.20. The van der Waals surface area contributed by atoms with Crippen molar-refractivity contribution in [3.63, 3.8) is 0 Å². The van der Waals surface area contributed by atoms with Crippen molar-refractivity contribution in [3.8, 4) is 0 Å². The molecule has 0 aliphatic heterocycles. The monoisotopic (exact) mass is 188 g/mol. The number of halogens is 1. The molecule has 3 unspecified atom stereocenters. The van der Waals surface area contributed by atoms with E-state index in [4.69, 9.17) is 11.6 Å². The Morgan fingerprint density at radius 1 is 1.25 bits per heavy atom. The summed E-state index contributed by atoms with van der Waals surface area (Å²) in [5.41, 5.74) is 0. The molecule has 1 saturated carbocycles. The van der Waals surface area contributed by atoms with Gasteiger partial charge in [0.2, 0.25) is 0 Å². The largest absolute Gasteiger partial charge is 0.123 e. The molecule has 0 bridgehead atoms. The lowest BCUT2D eigenvalue weighted by Crippen LogP contribution is -2.10. The highest BCUT2D eigenvalue weighted by Crippen LogP contribution is 2.32. The Morgan fingerprint density at radius 2 is 2.00 bits per heavy atom. The normalized spacial score (nSPS) is 34.2. The molecule has 72 valence electrons. The lowest BCUT2D eigenvalue weighted by molar-refractivity contribution is 0.419. The van der Waals surface area contributed by atoms with Gasteiger partial charge in [-0.15, -0.1) is 11.6 Å². The predicted molar refractivity (Wildman–Crippen MR) is 55.7 cm³/mol. The van der Waals surface area contributed by atoms with Gasteiger partial charge in [0.15, 0.2) is 0 Å². The maximum absolute atomic E-state index is 6.12. The van der Waals surface area contributed by atoms with Gasteiger partial charge in [0.05, 0.1) is 0 Å². The molecule has 12 heavy (non-hydrogen) atoms. The molecule has 0 radical (unpaired) electrons. The van der Waals surface area contributed by atoms with Crippen LogP contribution in [0.25, 0.3) is 0 Å². The molecule has 1 heteroatoms. The highest BCUT2D eigenvalue weighted by atomic mass is 35.5. The molecule has 1 aliphatic carbocycles. The minimum atomic E-state index is 0.389. The average Bonchev–Trinajstić information content (AvgIpc) is 2.28. The summed E-state index contributed by atoms with van der Waals surface area (Å²) in [5, 5.41) is 0.389. The first-order chi connectivity index (χ1) is 5.74.